The van der Waals surface area contributed by atoms with Crippen molar-refractivity contribution in [1.82, 2.24) is 0 Å². The highest BCUT2D eigenvalue weighted by Crippen LogP contribution is 2.34. The monoisotopic (exact) mass is 280 g/mol. The maximum Gasteiger partial charge on any atom is 0.150 e. The van der Waals surface area contributed by atoms with Crippen LogP contribution < -0.4 is 0 Å². The predicted molar refractivity (Wildman–Crippen MR) is 84.5 cm³/mol. The first-order valence-corrected chi connectivity index (χ1v) is 6.82. The molecule has 1 nitrogen and oxygen atoms in total. The summed E-state index contributed by atoms with van der Waals surface area (Å²) in [6.07, 6.45) is 0.872. The Balaban J connectivity index is 2.30. The number of halogens is 1. The average molecular weight is 281 g/mol. The Morgan fingerprint density at radius 1 is 0.900 bits per heavy atom. The van der Waals surface area contributed by atoms with Crippen molar-refractivity contribution >= 4 is 28.7 Å². The van der Waals surface area contributed by atoms with E-state index in [1.165, 1.54) is 0 Å². The third-order valence-electron chi connectivity index (χ3n) is 3.55. The largest absolute Gasteiger partial charge is 0.298 e. The van der Waals surface area contributed by atoms with Gasteiger partial charge in [0.2, 0.25) is 0 Å². The van der Waals surface area contributed by atoms with E-state index in [4.69, 9.17) is 11.6 Å². The van der Waals surface area contributed by atoms with Crippen LogP contribution in [0.3, 0.4) is 0 Å². The number of aryl methyl sites for hydroxylation is 1. The molecule has 3 rings (SSSR count). The van der Waals surface area contributed by atoms with Gasteiger partial charge in [0.1, 0.15) is 6.29 Å². The van der Waals surface area contributed by atoms with Gasteiger partial charge in [-0.05, 0) is 41.1 Å². The Kier molecular flexibility index (Phi) is 3.29. The molecular formula is C18H13ClO. The summed E-state index contributed by atoms with van der Waals surface area (Å²) in [5.41, 5.74) is 4.05. The van der Waals surface area contributed by atoms with Gasteiger partial charge < -0.3 is 0 Å². The van der Waals surface area contributed by atoms with Crippen LogP contribution in [0.25, 0.3) is 21.9 Å². The summed E-state index contributed by atoms with van der Waals surface area (Å²) in [5, 5.41) is 2.93. The van der Waals surface area contributed by atoms with Crippen LogP contribution in [0.15, 0.2) is 54.6 Å². The fourth-order valence-corrected chi connectivity index (χ4v) is 2.79. The van der Waals surface area contributed by atoms with E-state index in [9.17, 15) is 4.79 Å². The highest BCUT2D eigenvalue weighted by atomic mass is 35.5. The molecule has 20 heavy (non-hydrogen) atoms. The predicted octanol–water partition coefficient (Wildman–Crippen LogP) is 5.28. The molecule has 0 saturated heterocycles. The van der Waals surface area contributed by atoms with E-state index in [-0.39, 0.29) is 0 Å². The third kappa shape index (κ3) is 2.10. The quantitative estimate of drug-likeness (QED) is 0.584. The molecule has 0 aliphatic carbocycles. The molecule has 0 atom stereocenters. The summed E-state index contributed by atoms with van der Waals surface area (Å²) in [6.45, 7) is 2.02. The molecule has 0 amide bonds. The second kappa shape index (κ2) is 5.10. The molecule has 0 aromatic heterocycles. The summed E-state index contributed by atoms with van der Waals surface area (Å²) in [7, 11) is 0. The van der Waals surface area contributed by atoms with E-state index in [1.54, 1.807) is 0 Å². The molecule has 0 fully saturated rings. The van der Waals surface area contributed by atoms with E-state index < -0.39 is 0 Å². The van der Waals surface area contributed by atoms with Crippen molar-refractivity contribution < 1.29 is 4.79 Å². The molecule has 0 spiro atoms. The number of hydrogen-bond donors (Lipinski definition) is 0. The fraction of sp³-hybridized carbons (Fsp3) is 0.0556. The van der Waals surface area contributed by atoms with Gasteiger partial charge in [-0.3, -0.25) is 4.79 Å². The lowest BCUT2D eigenvalue weighted by Crippen LogP contribution is -1.88. The first-order chi connectivity index (χ1) is 9.70. The second-order valence-corrected chi connectivity index (χ2v) is 5.24. The summed E-state index contributed by atoms with van der Waals surface area (Å²) in [6, 6.07) is 17.8. The van der Waals surface area contributed by atoms with Crippen molar-refractivity contribution in [2.24, 2.45) is 0 Å². The van der Waals surface area contributed by atoms with Crippen LogP contribution in [0.1, 0.15) is 15.9 Å². The van der Waals surface area contributed by atoms with E-state index in [2.05, 4.69) is 6.07 Å². The normalized spacial score (nSPS) is 10.7. The summed E-state index contributed by atoms with van der Waals surface area (Å²) < 4.78 is 0. The Labute approximate surface area is 122 Å². The smallest absolute Gasteiger partial charge is 0.150 e. The van der Waals surface area contributed by atoms with Crippen LogP contribution in [0.4, 0.5) is 0 Å². The van der Waals surface area contributed by atoms with Gasteiger partial charge in [-0.15, -0.1) is 0 Å². The molecule has 3 aromatic carbocycles. The highest BCUT2D eigenvalue weighted by Gasteiger charge is 2.08. The van der Waals surface area contributed by atoms with Crippen LogP contribution in [-0.4, -0.2) is 6.29 Å². The van der Waals surface area contributed by atoms with Crippen molar-refractivity contribution in [2.75, 3.05) is 0 Å². The van der Waals surface area contributed by atoms with Crippen LogP contribution in [-0.2, 0) is 0 Å². The Morgan fingerprint density at radius 2 is 1.60 bits per heavy atom. The zero-order valence-electron chi connectivity index (χ0n) is 11.1. The van der Waals surface area contributed by atoms with Gasteiger partial charge in [0, 0.05) is 16.0 Å². The first kappa shape index (κ1) is 12.9. The van der Waals surface area contributed by atoms with E-state index in [0.717, 1.165) is 38.8 Å². The lowest BCUT2D eigenvalue weighted by Gasteiger charge is -2.11. The molecule has 0 N–H and O–H groups in total. The standard InChI is InChI=1S/C18H13ClO/c1-12-10-13(11-20)6-7-14(12)16-8-9-18(19)17-5-3-2-4-15(16)17/h2-11H,1H3. The lowest BCUT2D eigenvalue weighted by molar-refractivity contribution is 0.112. The Hall–Kier alpha value is -2.12. The summed E-state index contributed by atoms with van der Waals surface area (Å²) >= 11 is 6.26. The minimum absolute atomic E-state index is 0.699. The molecule has 3 aromatic rings. The SMILES string of the molecule is Cc1cc(C=O)ccc1-c1ccc(Cl)c2ccccc12. The topological polar surface area (TPSA) is 17.1 Å². The van der Waals surface area contributed by atoms with E-state index >= 15 is 0 Å². The van der Waals surface area contributed by atoms with Crippen molar-refractivity contribution in [2.45, 2.75) is 6.92 Å². The van der Waals surface area contributed by atoms with Crippen molar-refractivity contribution in [3.63, 3.8) is 0 Å². The molecule has 0 bridgehead atoms. The van der Waals surface area contributed by atoms with Gasteiger partial charge in [-0.2, -0.15) is 0 Å². The molecule has 2 heteroatoms. The lowest BCUT2D eigenvalue weighted by atomic mass is 9.94. The molecule has 0 unspecified atom stereocenters. The van der Waals surface area contributed by atoms with E-state index in [1.807, 2.05) is 55.5 Å². The number of benzene rings is 3. The van der Waals surface area contributed by atoms with Gasteiger partial charge in [0.15, 0.2) is 0 Å². The Bertz CT molecular complexity index is 806. The maximum atomic E-state index is 10.8. The van der Waals surface area contributed by atoms with Crippen LogP contribution in [0.2, 0.25) is 5.02 Å². The summed E-state index contributed by atoms with van der Waals surface area (Å²) in [5.74, 6) is 0. The maximum absolute atomic E-state index is 10.8. The first-order valence-electron chi connectivity index (χ1n) is 6.44. The molecule has 0 saturated carbocycles. The average Bonchev–Trinajstić information content (AvgIpc) is 2.48. The second-order valence-electron chi connectivity index (χ2n) is 4.83. The van der Waals surface area contributed by atoms with Crippen molar-refractivity contribution in [3.05, 3.63) is 70.7 Å². The minimum Gasteiger partial charge on any atom is -0.298 e. The van der Waals surface area contributed by atoms with Gasteiger partial charge in [-0.25, -0.2) is 0 Å². The summed E-state index contributed by atoms with van der Waals surface area (Å²) in [4.78, 5) is 10.8. The zero-order chi connectivity index (χ0) is 14.1. The highest BCUT2D eigenvalue weighted by molar-refractivity contribution is 6.36. The molecule has 0 aliphatic heterocycles. The van der Waals surface area contributed by atoms with Crippen LogP contribution in [0.5, 0.6) is 0 Å². The minimum atomic E-state index is 0.699. The van der Waals surface area contributed by atoms with Crippen LogP contribution >= 0.6 is 11.6 Å². The van der Waals surface area contributed by atoms with Crippen molar-refractivity contribution in [1.29, 1.82) is 0 Å². The number of fused-ring (bicyclic) bond motifs is 1. The number of rotatable bonds is 2. The number of aldehydes is 1. The molecule has 98 valence electrons. The Morgan fingerprint density at radius 3 is 2.30 bits per heavy atom. The van der Waals surface area contributed by atoms with E-state index in [0.29, 0.717) is 5.56 Å². The molecule has 0 aliphatic rings. The number of hydrogen-bond acceptors (Lipinski definition) is 1. The van der Waals surface area contributed by atoms with Crippen LogP contribution in [0, 0.1) is 6.92 Å². The third-order valence-corrected chi connectivity index (χ3v) is 3.88. The molecule has 0 radical (unpaired) electrons. The zero-order valence-corrected chi connectivity index (χ0v) is 11.8. The molecule has 0 heterocycles. The van der Waals surface area contributed by atoms with Gasteiger partial charge >= 0.3 is 0 Å². The van der Waals surface area contributed by atoms with Gasteiger partial charge in [-0.1, -0.05) is 54.1 Å². The number of carbonyl (C=O) groups excluding carboxylic acids is 1. The van der Waals surface area contributed by atoms with Gasteiger partial charge in [0.05, 0.1) is 0 Å². The number of carbonyl (C=O) groups is 1. The molecular weight excluding hydrogens is 268 g/mol. The van der Waals surface area contributed by atoms with Gasteiger partial charge in [0.25, 0.3) is 0 Å². The van der Waals surface area contributed by atoms with Crippen molar-refractivity contribution in [3.8, 4) is 11.1 Å². The fourth-order valence-electron chi connectivity index (χ4n) is 2.56.